The van der Waals surface area contributed by atoms with Crippen molar-refractivity contribution in [3.8, 4) is 5.75 Å². The normalized spacial score (nSPS) is 21.5. The van der Waals surface area contributed by atoms with Crippen molar-refractivity contribution in [1.82, 2.24) is 10.2 Å². The van der Waals surface area contributed by atoms with E-state index >= 15 is 0 Å². The van der Waals surface area contributed by atoms with E-state index in [0.29, 0.717) is 6.54 Å². The Labute approximate surface area is 137 Å². The van der Waals surface area contributed by atoms with Crippen LogP contribution in [0.25, 0.3) is 0 Å². The second kappa shape index (κ2) is 7.21. The van der Waals surface area contributed by atoms with Gasteiger partial charge in [0.15, 0.2) is 9.84 Å². The van der Waals surface area contributed by atoms with Gasteiger partial charge in [0.25, 0.3) is 0 Å². The van der Waals surface area contributed by atoms with Gasteiger partial charge in [-0.15, -0.1) is 0 Å². The first kappa shape index (κ1) is 17.6. The molecule has 0 spiro atoms. The Morgan fingerprint density at radius 3 is 2.65 bits per heavy atom. The van der Waals surface area contributed by atoms with E-state index in [2.05, 4.69) is 5.32 Å². The van der Waals surface area contributed by atoms with Gasteiger partial charge in [-0.05, 0) is 32.9 Å². The summed E-state index contributed by atoms with van der Waals surface area (Å²) in [5.41, 5.74) is 1.16. The van der Waals surface area contributed by atoms with Crippen molar-refractivity contribution in [3.05, 3.63) is 29.8 Å². The number of benzene rings is 1. The number of nitrogens with one attached hydrogen (secondary N) is 1. The second-order valence-electron chi connectivity index (χ2n) is 6.08. The summed E-state index contributed by atoms with van der Waals surface area (Å²) in [4.78, 5) is 13.8. The average Bonchev–Trinajstić information content (AvgIpc) is 2.46. The third-order valence-electron chi connectivity index (χ3n) is 3.83. The molecule has 0 saturated carbocycles. The summed E-state index contributed by atoms with van der Waals surface area (Å²) in [5.74, 6) is 0.811. The minimum Gasteiger partial charge on any atom is -0.489 e. The first-order valence-corrected chi connectivity index (χ1v) is 9.57. The first-order valence-electron chi connectivity index (χ1n) is 7.75. The molecule has 2 atom stereocenters. The van der Waals surface area contributed by atoms with Gasteiger partial charge in [0.05, 0.1) is 18.1 Å². The number of sulfone groups is 1. The van der Waals surface area contributed by atoms with Crippen LogP contribution in [-0.2, 0) is 9.84 Å². The number of aryl methyl sites for hydroxylation is 1. The fraction of sp³-hybridized carbons (Fsp3) is 0.562. The molecule has 1 N–H and O–H groups in total. The van der Waals surface area contributed by atoms with Crippen molar-refractivity contribution >= 4 is 15.9 Å². The van der Waals surface area contributed by atoms with Crippen molar-refractivity contribution < 1.29 is 17.9 Å². The highest BCUT2D eigenvalue weighted by atomic mass is 32.2. The number of carbonyl (C=O) groups excluding carboxylic acids is 1. The maximum atomic E-state index is 12.2. The Bertz CT molecular complexity index is 643. The smallest absolute Gasteiger partial charge is 0.317 e. The third-order valence-corrected chi connectivity index (χ3v) is 5.63. The summed E-state index contributed by atoms with van der Waals surface area (Å²) in [6.07, 6.45) is -0.175. The molecule has 0 aliphatic carbocycles. The molecule has 23 heavy (non-hydrogen) atoms. The lowest BCUT2D eigenvalue weighted by atomic mass is 10.2. The molecule has 1 fully saturated rings. The SMILES string of the molecule is Cc1ccc(O[C@@H](C)CNC(=O)N2CCS(=O)(=O)C[C@H]2C)cc1. The number of ether oxygens (including phenoxy) is 1. The molecule has 6 nitrogen and oxygen atoms in total. The summed E-state index contributed by atoms with van der Waals surface area (Å²) in [7, 11) is -3.02. The Morgan fingerprint density at radius 1 is 1.39 bits per heavy atom. The largest absolute Gasteiger partial charge is 0.489 e. The molecule has 1 aliphatic heterocycles. The van der Waals surface area contributed by atoms with E-state index in [1.54, 1.807) is 11.8 Å². The highest BCUT2D eigenvalue weighted by molar-refractivity contribution is 7.91. The molecular weight excluding hydrogens is 316 g/mol. The van der Waals surface area contributed by atoms with Crippen LogP contribution in [0.1, 0.15) is 19.4 Å². The molecule has 2 rings (SSSR count). The van der Waals surface area contributed by atoms with E-state index in [4.69, 9.17) is 4.74 Å². The van der Waals surface area contributed by atoms with Crippen molar-refractivity contribution in [2.75, 3.05) is 24.6 Å². The zero-order chi connectivity index (χ0) is 17.0. The Balaban J connectivity index is 1.80. The van der Waals surface area contributed by atoms with Gasteiger partial charge in [0.1, 0.15) is 11.9 Å². The minimum atomic E-state index is -3.02. The summed E-state index contributed by atoms with van der Waals surface area (Å²) < 4.78 is 28.8. The topological polar surface area (TPSA) is 75.7 Å². The van der Waals surface area contributed by atoms with Gasteiger partial charge in [-0.25, -0.2) is 13.2 Å². The zero-order valence-corrected chi connectivity index (χ0v) is 14.6. The van der Waals surface area contributed by atoms with E-state index in [0.717, 1.165) is 11.3 Å². The Kier molecular flexibility index (Phi) is 5.51. The number of amides is 2. The molecule has 0 bridgehead atoms. The highest BCUT2D eigenvalue weighted by Gasteiger charge is 2.31. The number of nitrogens with zero attached hydrogens (tertiary/aromatic N) is 1. The minimum absolute atomic E-state index is 0.0237. The van der Waals surface area contributed by atoms with Crippen LogP contribution >= 0.6 is 0 Å². The highest BCUT2D eigenvalue weighted by Crippen LogP contribution is 2.14. The van der Waals surface area contributed by atoms with Crippen LogP contribution in [0, 0.1) is 6.92 Å². The fourth-order valence-corrected chi connectivity index (χ4v) is 4.08. The average molecular weight is 340 g/mol. The standard InChI is InChI=1S/C16H24N2O4S/c1-12-4-6-15(7-5-12)22-14(3)10-17-16(19)18-8-9-23(20,21)11-13(18)2/h4-7,13-14H,8-11H2,1-3H3,(H,17,19)/t13-,14+/m1/s1. The lowest BCUT2D eigenvalue weighted by Gasteiger charge is -2.33. The molecule has 1 heterocycles. The summed E-state index contributed by atoms with van der Waals surface area (Å²) in [6, 6.07) is 7.18. The molecule has 1 aliphatic rings. The summed E-state index contributed by atoms with van der Waals surface area (Å²) >= 11 is 0. The lowest BCUT2D eigenvalue weighted by Crippen LogP contribution is -2.54. The number of rotatable bonds is 4. The summed E-state index contributed by atoms with van der Waals surface area (Å²) in [5, 5.41) is 2.81. The van der Waals surface area contributed by atoms with Crippen LogP contribution in [0.3, 0.4) is 0 Å². The van der Waals surface area contributed by atoms with Gasteiger partial charge in [-0.1, -0.05) is 17.7 Å². The maximum Gasteiger partial charge on any atom is 0.317 e. The van der Waals surface area contributed by atoms with E-state index < -0.39 is 9.84 Å². The van der Waals surface area contributed by atoms with Crippen LogP contribution < -0.4 is 10.1 Å². The van der Waals surface area contributed by atoms with Crippen LogP contribution in [0.15, 0.2) is 24.3 Å². The number of carbonyl (C=O) groups is 1. The van der Waals surface area contributed by atoms with Gasteiger partial charge in [0, 0.05) is 12.6 Å². The molecule has 1 saturated heterocycles. The number of hydrogen-bond donors (Lipinski definition) is 1. The Morgan fingerprint density at radius 2 is 2.04 bits per heavy atom. The van der Waals surface area contributed by atoms with Gasteiger partial charge in [0.2, 0.25) is 0 Å². The van der Waals surface area contributed by atoms with Gasteiger partial charge < -0.3 is 15.0 Å². The van der Waals surface area contributed by atoms with Gasteiger partial charge in [-0.2, -0.15) is 0 Å². The molecule has 0 aromatic heterocycles. The molecule has 0 unspecified atom stereocenters. The molecule has 128 valence electrons. The maximum absolute atomic E-state index is 12.2. The van der Waals surface area contributed by atoms with Crippen LogP contribution in [-0.4, -0.2) is 56.1 Å². The predicted octanol–water partition coefficient (Wildman–Crippen LogP) is 1.59. The second-order valence-corrected chi connectivity index (χ2v) is 8.31. The molecule has 1 aromatic rings. The third kappa shape index (κ3) is 5.13. The van der Waals surface area contributed by atoms with Crippen molar-refractivity contribution in [2.45, 2.75) is 32.9 Å². The van der Waals surface area contributed by atoms with Crippen molar-refractivity contribution in [1.29, 1.82) is 0 Å². The summed E-state index contributed by atoms with van der Waals surface area (Å²) in [6.45, 7) is 6.24. The Hall–Kier alpha value is -1.76. The molecule has 7 heteroatoms. The van der Waals surface area contributed by atoms with Crippen LogP contribution in [0.4, 0.5) is 4.79 Å². The van der Waals surface area contributed by atoms with E-state index in [-0.39, 0.29) is 36.2 Å². The number of hydrogen-bond acceptors (Lipinski definition) is 4. The quantitative estimate of drug-likeness (QED) is 0.903. The molecule has 2 amide bonds. The van der Waals surface area contributed by atoms with Gasteiger partial charge in [-0.3, -0.25) is 0 Å². The van der Waals surface area contributed by atoms with E-state index in [9.17, 15) is 13.2 Å². The van der Waals surface area contributed by atoms with Crippen molar-refractivity contribution in [2.24, 2.45) is 0 Å². The van der Waals surface area contributed by atoms with E-state index in [1.807, 2.05) is 38.1 Å². The van der Waals surface area contributed by atoms with Crippen LogP contribution in [0.2, 0.25) is 0 Å². The molecule has 1 aromatic carbocycles. The first-order chi connectivity index (χ1) is 10.8. The fourth-order valence-electron chi connectivity index (χ4n) is 2.52. The van der Waals surface area contributed by atoms with Gasteiger partial charge >= 0.3 is 6.03 Å². The van der Waals surface area contributed by atoms with E-state index in [1.165, 1.54) is 0 Å². The number of urea groups is 1. The predicted molar refractivity (Wildman–Crippen MR) is 89.5 cm³/mol. The van der Waals surface area contributed by atoms with Crippen LogP contribution in [0.5, 0.6) is 5.75 Å². The van der Waals surface area contributed by atoms with Crippen molar-refractivity contribution in [3.63, 3.8) is 0 Å². The molecular formula is C16H24N2O4S. The monoisotopic (exact) mass is 340 g/mol. The molecule has 0 radical (unpaired) electrons. The lowest BCUT2D eigenvalue weighted by molar-refractivity contribution is 0.172. The zero-order valence-electron chi connectivity index (χ0n) is 13.8.